The highest BCUT2D eigenvalue weighted by atomic mass is 15.2. The van der Waals surface area contributed by atoms with Crippen LogP contribution < -0.4 is 10.2 Å². The molecule has 1 fully saturated rings. The molecule has 76 valence electrons. The Morgan fingerprint density at radius 3 is 2.43 bits per heavy atom. The summed E-state index contributed by atoms with van der Waals surface area (Å²) < 4.78 is 0. The molecule has 2 heteroatoms. The lowest BCUT2D eigenvalue weighted by molar-refractivity contribution is 0.817. The number of nitrogens with zero attached hydrogens (tertiary/aromatic N) is 1. The average Bonchev–Trinajstić information content (AvgIpc) is 3.02. The molecule has 14 heavy (non-hydrogen) atoms. The molecule has 1 aliphatic carbocycles. The summed E-state index contributed by atoms with van der Waals surface area (Å²) in [5, 5.41) is 3.15. The first-order valence-electron chi connectivity index (χ1n) is 5.27. The number of anilines is 1. The molecule has 2 rings (SSSR count). The van der Waals surface area contributed by atoms with Crippen molar-refractivity contribution in [3.63, 3.8) is 0 Å². The third-order valence-corrected chi connectivity index (χ3v) is 2.82. The van der Waals surface area contributed by atoms with E-state index < -0.39 is 0 Å². The molecule has 0 atom stereocenters. The first-order valence-corrected chi connectivity index (χ1v) is 5.27. The van der Waals surface area contributed by atoms with Gasteiger partial charge in [0.2, 0.25) is 0 Å². The summed E-state index contributed by atoms with van der Waals surface area (Å²) >= 11 is 0. The van der Waals surface area contributed by atoms with E-state index >= 15 is 0 Å². The SMILES string of the molecule is CNCc1ccc(N(C)C2CC2)cc1. The molecule has 0 aromatic heterocycles. The zero-order chi connectivity index (χ0) is 9.97. The molecule has 0 aliphatic heterocycles. The summed E-state index contributed by atoms with van der Waals surface area (Å²) in [5.41, 5.74) is 2.69. The number of rotatable bonds is 4. The number of hydrogen-bond donors (Lipinski definition) is 1. The van der Waals surface area contributed by atoms with Crippen molar-refractivity contribution in [3.8, 4) is 0 Å². The first-order chi connectivity index (χ1) is 6.81. The van der Waals surface area contributed by atoms with E-state index in [2.05, 4.69) is 41.5 Å². The molecule has 1 N–H and O–H groups in total. The Kier molecular flexibility index (Phi) is 2.73. The highest BCUT2D eigenvalue weighted by molar-refractivity contribution is 5.48. The van der Waals surface area contributed by atoms with Crippen molar-refractivity contribution in [2.24, 2.45) is 0 Å². The molecule has 0 radical (unpaired) electrons. The fourth-order valence-corrected chi connectivity index (χ4v) is 1.73. The van der Waals surface area contributed by atoms with E-state index in [1.807, 2.05) is 7.05 Å². The maximum atomic E-state index is 3.15. The van der Waals surface area contributed by atoms with Gasteiger partial charge in [0.05, 0.1) is 0 Å². The molecule has 2 nitrogen and oxygen atoms in total. The van der Waals surface area contributed by atoms with Gasteiger partial charge in [0.1, 0.15) is 0 Å². The molecule has 1 aromatic carbocycles. The smallest absolute Gasteiger partial charge is 0.0366 e. The Balaban J connectivity index is 2.04. The van der Waals surface area contributed by atoms with Crippen LogP contribution in [0.1, 0.15) is 18.4 Å². The van der Waals surface area contributed by atoms with Gasteiger partial charge in [-0.2, -0.15) is 0 Å². The Morgan fingerprint density at radius 2 is 1.93 bits per heavy atom. The highest BCUT2D eigenvalue weighted by Crippen LogP contribution is 2.29. The largest absolute Gasteiger partial charge is 0.372 e. The predicted molar refractivity (Wildman–Crippen MR) is 60.6 cm³/mol. The molecule has 0 amide bonds. The Hall–Kier alpha value is -1.02. The van der Waals surface area contributed by atoms with Gasteiger partial charge in [-0.25, -0.2) is 0 Å². The van der Waals surface area contributed by atoms with Crippen molar-refractivity contribution in [1.82, 2.24) is 5.32 Å². The minimum absolute atomic E-state index is 0.796. The number of hydrogen-bond acceptors (Lipinski definition) is 2. The molecule has 0 unspecified atom stereocenters. The van der Waals surface area contributed by atoms with Crippen LogP contribution in [0.3, 0.4) is 0 Å². The summed E-state index contributed by atoms with van der Waals surface area (Å²) in [6.45, 7) is 0.952. The summed E-state index contributed by atoms with van der Waals surface area (Å²) in [6, 6.07) is 9.62. The van der Waals surface area contributed by atoms with E-state index in [1.165, 1.54) is 24.1 Å². The van der Waals surface area contributed by atoms with Crippen LogP contribution in [0.2, 0.25) is 0 Å². The van der Waals surface area contributed by atoms with Crippen molar-refractivity contribution in [1.29, 1.82) is 0 Å². The van der Waals surface area contributed by atoms with Crippen LogP contribution in [0.4, 0.5) is 5.69 Å². The molecule has 1 aliphatic rings. The number of nitrogens with one attached hydrogen (secondary N) is 1. The minimum Gasteiger partial charge on any atom is -0.372 e. The van der Waals surface area contributed by atoms with Crippen LogP contribution in [0.25, 0.3) is 0 Å². The van der Waals surface area contributed by atoms with E-state index in [4.69, 9.17) is 0 Å². The van der Waals surface area contributed by atoms with Crippen LogP contribution in [0.15, 0.2) is 24.3 Å². The molecule has 0 heterocycles. The summed E-state index contributed by atoms with van der Waals surface area (Å²) in [5.74, 6) is 0. The highest BCUT2D eigenvalue weighted by Gasteiger charge is 2.26. The Bertz CT molecular complexity index is 288. The Morgan fingerprint density at radius 1 is 1.29 bits per heavy atom. The zero-order valence-corrected chi connectivity index (χ0v) is 8.96. The average molecular weight is 190 g/mol. The lowest BCUT2D eigenvalue weighted by Crippen LogP contribution is -2.19. The lowest BCUT2D eigenvalue weighted by Gasteiger charge is -2.18. The predicted octanol–water partition coefficient (Wildman–Crippen LogP) is 2.00. The summed E-state index contributed by atoms with van der Waals surface area (Å²) in [7, 11) is 4.16. The third kappa shape index (κ3) is 2.07. The molecule has 0 spiro atoms. The summed E-state index contributed by atoms with van der Waals surface area (Å²) in [4.78, 5) is 2.38. The number of benzene rings is 1. The van der Waals surface area contributed by atoms with Crippen molar-refractivity contribution >= 4 is 5.69 Å². The van der Waals surface area contributed by atoms with Crippen LogP contribution in [0.5, 0.6) is 0 Å². The fraction of sp³-hybridized carbons (Fsp3) is 0.500. The second kappa shape index (κ2) is 4.01. The van der Waals surface area contributed by atoms with Crippen molar-refractivity contribution in [2.75, 3.05) is 19.0 Å². The second-order valence-electron chi connectivity index (χ2n) is 4.04. The van der Waals surface area contributed by atoms with Gasteiger partial charge in [0.25, 0.3) is 0 Å². The lowest BCUT2D eigenvalue weighted by atomic mass is 10.2. The third-order valence-electron chi connectivity index (χ3n) is 2.82. The van der Waals surface area contributed by atoms with Gasteiger partial charge in [-0.1, -0.05) is 12.1 Å². The maximum Gasteiger partial charge on any atom is 0.0366 e. The topological polar surface area (TPSA) is 15.3 Å². The van der Waals surface area contributed by atoms with Gasteiger partial charge in [-0.15, -0.1) is 0 Å². The van der Waals surface area contributed by atoms with Gasteiger partial charge < -0.3 is 10.2 Å². The second-order valence-corrected chi connectivity index (χ2v) is 4.04. The van der Waals surface area contributed by atoms with Crippen molar-refractivity contribution in [3.05, 3.63) is 29.8 Å². The van der Waals surface area contributed by atoms with E-state index in [-0.39, 0.29) is 0 Å². The van der Waals surface area contributed by atoms with Crippen LogP contribution in [-0.2, 0) is 6.54 Å². The molecule has 0 saturated heterocycles. The van der Waals surface area contributed by atoms with E-state index in [0.29, 0.717) is 0 Å². The standard InChI is InChI=1S/C12H18N2/c1-13-9-10-3-5-11(6-4-10)14(2)12-7-8-12/h3-6,12-13H,7-9H2,1-2H3. The first kappa shape index (κ1) is 9.53. The van der Waals surface area contributed by atoms with E-state index in [1.54, 1.807) is 0 Å². The van der Waals surface area contributed by atoms with Crippen LogP contribution in [0, 0.1) is 0 Å². The van der Waals surface area contributed by atoms with E-state index in [0.717, 1.165) is 12.6 Å². The molecular formula is C12H18N2. The maximum absolute atomic E-state index is 3.15. The molecule has 1 aromatic rings. The normalized spacial score (nSPS) is 15.6. The zero-order valence-electron chi connectivity index (χ0n) is 8.96. The van der Waals surface area contributed by atoms with Crippen molar-refractivity contribution in [2.45, 2.75) is 25.4 Å². The van der Waals surface area contributed by atoms with Gasteiger partial charge >= 0.3 is 0 Å². The van der Waals surface area contributed by atoms with Crippen molar-refractivity contribution < 1.29 is 0 Å². The minimum atomic E-state index is 0.796. The van der Waals surface area contributed by atoms with Gasteiger partial charge in [-0.3, -0.25) is 0 Å². The Labute approximate surface area is 85.9 Å². The van der Waals surface area contributed by atoms with Crippen LogP contribution >= 0.6 is 0 Å². The van der Waals surface area contributed by atoms with Gasteiger partial charge in [0, 0.05) is 25.3 Å². The van der Waals surface area contributed by atoms with E-state index in [9.17, 15) is 0 Å². The monoisotopic (exact) mass is 190 g/mol. The molecule has 1 saturated carbocycles. The van der Waals surface area contributed by atoms with Gasteiger partial charge in [0.15, 0.2) is 0 Å². The molecular weight excluding hydrogens is 172 g/mol. The quantitative estimate of drug-likeness (QED) is 0.781. The summed E-state index contributed by atoms with van der Waals surface area (Å²) in [6.07, 6.45) is 2.71. The molecule has 0 bridgehead atoms. The fourth-order valence-electron chi connectivity index (χ4n) is 1.73. The van der Waals surface area contributed by atoms with Gasteiger partial charge in [-0.05, 0) is 37.6 Å². The van der Waals surface area contributed by atoms with Crippen LogP contribution in [-0.4, -0.2) is 20.1 Å².